The number of hydrogen-bond donors (Lipinski definition) is 2. The van der Waals surface area contributed by atoms with E-state index in [0.29, 0.717) is 11.5 Å². The number of hydrogen-bond acceptors (Lipinski definition) is 3. The van der Waals surface area contributed by atoms with Crippen LogP contribution in [0, 0.1) is 5.82 Å². The molecule has 1 atom stereocenters. The summed E-state index contributed by atoms with van der Waals surface area (Å²) < 4.78 is 13.6. The molecule has 4 rings (SSSR count). The minimum atomic E-state index is -0.901. The molecule has 5 nitrogen and oxygen atoms in total. The van der Waals surface area contributed by atoms with E-state index in [1.807, 2.05) is 24.4 Å². The van der Waals surface area contributed by atoms with Crippen molar-refractivity contribution in [2.24, 2.45) is 0 Å². The van der Waals surface area contributed by atoms with Crippen molar-refractivity contribution in [2.75, 3.05) is 13.1 Å². The van der Waals surface area contributed by atoms with Crippen molar-refractivity contribution in [2.45, 2.75) is 25.3 Å². The highest BCUT2D eigenvalue weighted by atomic mass is 19.1. The Bertz CT molecular complexity index is 968. The van der Waals surface area contributed by atoms with Gasteiger partial charge in [0.15, 0.2) is 0 Å². The molecule has 6 heteroatoms. The second-order valence-electron chi connectivity index (χ2n) is 7.28. The van der Waals surface area contributed by atoms with Crippen LogP contribution in [0.1, 0.15) is 40.2 Å². The summed E-state index contributed by atoms with van der Waals surface area (Å²) in [6, 6.07) is 13.7. The van der Waals surface area contributed by atoms with Crippen LogP contribution in [0.2, 0.25) is 0 Å². The average Bonchev–Trinajstić information content (AvgIpc) is 3.16. The summed E-state index contributed by atoms with van der Waals surface area (Å²) in [7, 11) is 0. The van der Waals surface area contributed by atoms with Gasteiger partial charge in [-0.15, -0.1) is 0 Å². The minimum absolute atomic E-state index is 0.263. The molecule has 0 aliphatic carbocycles. The van der Waals surface area contributed by atoms with Gasteiger partial charge in [0.2, 0.25) is 0 Å². The second kappa shape index (κ2) is 7.94. The maximum Gasteiger partial charge on any atom is 0.335 e. The first-order valence-corrected chi connectivity index (χ1v) is 9.44. The normalized spacial score (nSPS) is 17.5. The fourth-order valence-electron chi connectivity index (χ4n) is 3.93. The molecule has 2 aromatic carbocycles. The fourth-order valence-corrected chi connectivity index (χ4v) is 3.93. The molecule has 1 unspecified atom stereocenters. The van der Waals surface area contributed by atoms with E-state index in [1.165, 1.54) is 17.7 Å². The SMILES string of the molecule is O=C(O)c1ccc(C2CCCN(Cc3cn[nH]c3-c3cccc(F)c3)C2)cc1. The zero-order valence-corrected chi connectivity index (χ0v) is 15.4. The lowest BCUT2D eigenvalue weighted by molar-refractivity contribution is 0.0697. The highest BCUT2D eigenvalue weighted by Gasteiger charge is 2.23. The summed E-state index contributed by atoms with van der Waals surface area (Å²) in [5.41, 5.74) is 4.19. The molecular formula is C22H22FN3O2. The molecule has 3 aromatic rings. The summed E-state index contributed by atoms with van der Waals surface area (Å²) in [5, 5.41) is 16.2. The maximum absolute atomic E-state index is 13.6. The molecule has 0 radical (unpaired) electrons. The summed E-state index contributed by atoms with van der Waals surface area (Å²) in [6.45, 7) is 2.64. The molecule has 0 spiro atoms. The first-order valence-electron chi connectivity index (χ1n) is 9.44. The highest BCUT2D eigenvalue weighted by Crippen LogP contribution is 2.29. The average molecular weight is 379 g/mol. The Kier molecular flexibility index (Phi) is 5.21. The molecule has 144 valence electrons. The molecule has 0 bridgehead atoms. The van der Waals surface area contributed by atoms with Crippen molar-refractivity contribution in [1.29, 1.82) is 0 Å². The Morgan fingerprint density at radius 1 is 1.25 bits per heavy atom. The Morgan fingerprint density at radius 2 is 2.07 bits per heavy atom. The first-order chi connectivity index (χ1) is 13.6. The molecule has 1 aliphatic rings. The maximum atomic E-state index is 13.6. The van der Waals surface area contributed by atoms with E-state index in [0.717, 1.165) is 49.3 Å². The first kappa shape index (κ1) is 18.4. The quantitative estimate of drug-likeness (QED) is 0.694. The number of nitrogens with one attached hydrogen (secondary N) is 1. The van der Waals surface area contributed by atoms with Crippen molar-refractivity contribution in [3.05, 3.63) is 77.2 Å². The summed E-state index contributed by atoms with van der Waals surface area (Å²) in [6.07, 6.45) is 3.98. The van der Waals surface area contributed by atoms with Crippen molar-refractivity contribution in [3.63, 3.8) is 0 Å². The minimum Gasteiger partial charge on any atom is -0.478 e. The Balaban J connectivity index is 1.48. The number of halogens is 1. The van der Waals surface area contributed by atoms with Gasteiger partial charge in [0.25, 0.3) is 0 Å². The third kappa shape index (κ3) is 3.97. The van der Waals surface area contributed by atoms with Gasteiger partial charge in [0, 0.05) is 24.2 Å². The van der Waals surface area contributed by atoms with Crippen LogP contribution in [0.15, 0.2) is 54.7 Å². The lowest BCUT2D eigenvalue weighted by Gasteiger charge is -2.33. The van der Waals surface area contributed by atoms with Gasteiger partial charge in [0.05, 0.1) is 17.5 Å². The smallest absolute Gasteiger partial charge is 0.335 e. The number of rotatable bonds is 5. The van der Waals surface area contributed by atoms with Gasteiger partial charge in [-0.05, 0) is 55.1 Å². The number of carboxylic acids is 1. The Labute approximate surface area is 162 Å². The second-order valence-corrected chi connectivity index (χ2v) is 7.28. The van der Waals surface area contributed by atoms with E-state index in [-0.39, 0.29) is 5.82 Å². The molecule has 1 aromatic heterocycles. The standard InChI is InChI=1S/C22H22FN3O2/c23-20-5-1-3-17(11-20)21-19(12-24-25-21)14-26-10-2-4-18(13-26)15-6-8-16(9-7-15)22(27)28/h1,3,5-9,11-12,18H,2,4,10,13-14H2,(H,24,25)(H,27,28). The number of likely N-dealkylation sites (tertiary alicyclic amines) is 1. The van der Waals surface area contributed by atoms with Crippen LogP contribution in [-0.2, 0) is 6.54 Å². The fraction of sp³-hybridized carbons (Fsp3) is 0.273. The molecule has 28 heavy (non-hydrogen) atoms. The zero-order valence-electron chi connectivity index (χ0n) is 15.4. The van der Waals surface area contributed by atoms with Crippen molar-refractivity contribution in [3.8, 4) is 11.3 Å². The number of aromatic carboxylic acids is 1. The van der Waals surface area contributed by atoms with E-state index < -0.39 is 5.97 Å². The Hall–Kier alpha value is -2.99. The molecule has 1 aliphatic heterocycles. The van der Waals surface area contributed by atoms with E-state index in [1.54, 1.807) is 18.2 Å². The van der Waals surface area contributed by atoms with Crippen LogP contribution in [0.25, 0.3) is 11.3 Å². The van der Waals surface area contributed by atoms with Gasteiger partial charge in [0.1, 0.15) is 5.82 Å². The van der Waals surface area contributed by atoms with Crippen LogP contribution < -0.4 is 0 Å². The van der Waals surface area contributed by atoms with E-state index in [4.69, 9.17) is 5.11 Å². The van der Waals surface area contributed by atoms with Crippen LogP contribution in [-0.4, -0.2) is 39.3 Å². The third-order valence-corrected chi connectivity index (χ3v) is 5.36. The third-order valence-electron chi connectivity index (χ3n) is 5.36. The van der Waals surface area contributed by atoms with Gasteiger partial charge in [-0.1, -0.05) is 24.3 Å². The number of piperidine rings is 1. The van der Waals surface area contributed by atoms with Crippen LogP contribution >= 0.6 is 0 Å². The van der Waals surface area contributed by atoms with Crippen molar-refractivity contribution >= 4 is 5.97 Å². The highest BCUT2D eigenvalue weighted by molar-refractivity contribution is 5.87. The molecule has 1 fully saturated rings. The summed E-state index contributed by atoms with van der Waals surface area (Å²) in [5.74, 6) is -0.788. The van der Waals surface area contributed by atoms with Gasteiger partial charge >= 0.3 is 5.97 Å². The number of aromatic amines is 1. The predicted octanol–water partition coefficient (Wildman–Crippen LogP) is 4.29. The molecule has 0 saturated carbocycles. The number of carbonyl (C=O) groups is 1. The van der Waals surface area contributed by atoms with Crippen LogP contribution in [0.5, 0.6) is 0 Å². The molecule has 1 saturated heterocycles. The van der Waals surface area contributed by atoms with Gasteiger partial charge in [-0.3, -0.25) is 10.00 Å². The van der Waals surface area contributed by atoms with Crippen molar-refractivity contribution < 1.29 is 14.3 Å². The van der Waals surface area contributed by atoms with Crippen LogP contribution in [0.3, 0.4) is 0 Å². The van der Waals surface area contributed by atoms with Gasteiger partial charge < -0.3 is 5.11 Å². The molecule has 2 heterocycles. The number of nitrogens with zero attached hydrogens (tertiary/aromatic N) is 2. The summed E-state index contributed by atoms with van der Waals surface area (Å²) in [4.78, 5) is 13.4. The van der Waals surface area contributed by atoms with E-state index >= 15 is 0 Å². The van der Waals surface area contributed by atoms with Gasteiger partial charge in [-0.25, -0.2) is 9.18 Å². The lowest BCUT2D eigenvalue weighted by Crippen LogP contribution is -2.33. The molecule has 0 amide bonds. The van der Waals surface area contributed by atoms with Crippen LogP contribution in [0.4, 0.5) is 4.39 Å². The molecule has 2 N–H and O–H groups in total. The number of aromatic nitrogens is 2. The van der Waals surface area contributed by atoms with Crippen molar-refractivity contribution in [1.82, 2.24) is 15.1 Å². The number of benzene rings is 2. The van der Waals surface area contributed by atoms with E-state index in [9.17, 15) is 9.18 Å². The summed E-state index contributed by atoms with van der Waals surface area (Å²) >= 11 is 0. The topological polar surface area (TPSA) is 69.2 Å². The Morgan fingerprint density at radius 3 is 2.82 bits per heavy atom. The number of H-pyrrole nitrogens is 1. The van der Waals surface area contributed by atoms with Gasteiger partial charge in [-0.2, -0.15) is 5.10 Å². The largest absolute Gasteiger partial charge is 0.478 e. The van der Waals surface area contributed by atoms with E-state index in [2.05, 4.69) is 15.1 Å². The molecular weight excluding hydrogens is 357 g/mol. The zero-order chi connectivity index (χ0) is 19.5. The number of carboxylic acid groups (broad SMARTS) is 1. The lowest BCUT2D eigenvalue weighted by atomic mass is 9.90. The monoisotopic (exact) mass is 379 g/mol. The predicted molar refractivity (Wildman–Crippen MR) is 105 cm³/mol.